The fourth-order valence-corrected chi connectivity index (χ4v) is 8.89. The Morgan fingerprint density at radius 1 is 0.661 bits per heavy atom. The van der Waals surface area contributed by atoms with Crippen LogP contribution in [0.4, 0.5) is 0 Å². The third kappa shape index (κ3) is 32.3. The lowest BCUT2D eigenvalue weighted by molar-refractivity contribution is -0.161. The van der Waals surface area contributed by atoms with Crippen LogP contribution in [0.25, 0.3) is 0 Å². The molecule has 0 aliphatic heterocycles. The Morgan fingerprint density at radius 3 is 1.71 bits per heavy atom. The predicted octanol–water partition coefficient (Wildman–Crippen LogP) is 9.80. The number of aliphatic hydroxyl groups excluding tert-OH is 5. The first-order valence-electron chi connectivity index (χ1n) is 24.8. The summed E-state index contributed by atoms with van der Waals surface area (Å²) in [6.07, 6.45) is 28.1. The number of phosphoric ester groups is 1. The van der Waals surface area contributed by atoms with Crippen LogP contribution in [-0.4, -0.2) is 99.3 Å². The van der Waals surface area contributed by atoms with Crippen LogP contribution in [0, 0.1) is 17.8 Å². The van der Waals surface area contributed by atoms with E-state index in [4.69, 9.17) is 23.6 Å². The van der Waals surface area contributed by atoms with Crippen molar-refractivity contribution in [1.29, 1.82) is 0 Å². The van der Waals surface area contributed by atoms with Gasteiger partial charge in [0.1, 0.15) is 12.7 Å². The summed E-state index contributed by atoms with van der Waals surface area (Å²) in [7, 11) is -4.68. The van der Waals surface area contributed by atoms with Crippen LogP contribution >= 0.6 is 7.82 Å². The zero-order valence-corrected chi connectivity index (χ0v) is 40.0. The van der Waals surface area contributed by atoms with Gasteiger partial charge in [-0.05, 0) is 37.5 Å². The number of unbranched alkanes of at least 4 members (excludes halogenated alkanes) is 20. The number of phosphoric acid groups is 1. The number of rotatable bonds is 42. The molecule has 1 saturated carbocycles. The van der Waals surface area contributed by atoms with Crippen molar-refractivity contribution in [3.63, 3.8) is 0 Å². The van der Waals surface area contributed by atoms with Gasteiger partial charge in [0, 0.05) is 25.2 Å². The molecule has 1 rings (SSSR count). The van der Waals surface area contributed by atoms with E-state index in [2.05, 4.69) is 20.8 Å². The molecule has 13 nitrogen and oxygen atoms in total. The predicted molar refractivity (Wildman–Crippen MR) is 244 cm³/mol. The third-order valence-electron chi connectivity index (χ3n) is 11.9. The van der Waals surface area contributed by atoms with Crippen LogP contribution in [0.1, 0.15) is 207 Å². The van der Waals surface area contributed by atoms with E-state index >= 15 is 0 Å². The van der Waals surface area contributed by atoms with Crippen LogP contribution in [0.3, 0.4) is 0 Å². The second kappa shape index (κ2) is 37.8. The van der Waals surface area contributed by atoms with Crippen molar-refractivity contribution in [3.05, 3.63) is 12.2 Å². The highest BCUT2D eigenvalue weighted by atomic mass is 31.2. The number of esters is 2. The highest BCUT2D eigenvalue weighted by molar-refractivity contribution is 7.47. The maximum atomic E-state index is 12.8. The second-order valence-electron chi connectivity index (χ2n) is 18.3. The molecule has 366 valence electrons. The van der Waals surface area contributed by atoms with E-state index < -0.39 is 70.1 Å². The van der Waals surface area contributed by atoms with Crippen LogP contribution in [0.5, 0.6) is 0 Å². The molecule has 0 saturated heterocycles. The van der Waals surface area contributed by atoms with Crippen molar-refractivity contribution in [2.45, 2.75) is 237 Å². The van der Waals surface area contributed by atoms with E-state index in [1.165, 1.54) is 83.5 Å². The Hall–Kier alpha value is -1.41. The van der Waals surface area contributed by atoms with Gasteiger partial charge in [0.15, 0.2) is 6.10 Å². The van der Waals surface area contributed by atoms with Crippen molar-refractivity contribution in [2.24, 2.45) is 17.8 Å². The topological polar surface area (TPSA) is 210 Å². The molecule has 8 atom stereocenters. The fraction of sp³-hybridized carbons (Fsp3) is 0.917. The lowest BCUT2D eigenvalue weighted by Crippen LogP contribution is -2.29. The molecule has 0 spiro atoms. The molecule has 14 heteroatoms. The van der Waals surface area contributed by atoms with Gasteiger partial charge in [-0.1, -0.05) is 174 Å². The fourth-order valence-electron chi connectivity index (χ4n) is 8.10. The normalized spacial score (nSPS) is 20.4. The average Bonchev–Trinajstić information content (AvgIpc) is 3.51. The second-order valence-corrected chi connectivity index (χ2v) is 19.7. The van der Waals surface area contributed by atoms with Gasteiger partial charge in [0.2, 0.25) is 0 Å². The van der Waals surface area contributed by atoms with Gasteiger partial charge >= 0.3 is 19.8 Å². The van der Waals surface area contributed by atoms with E-state index in [1.54, 1.807) is 6.08 Å². The summed E-state index contributed by atoms with van der Waals surface area (Å²) in [5, 5.41) is 49.8. The molecule has 1 fully saturated rings. The molecule has 0 heterocycles. The van der Waals surface area contributed by atoms with Gasteiger partial charge in [0.25, 0.3) is 0 Å². The molecule has 1 aliphatic rings. The lowest BCUT2D eigenvalue weighted by atomic mass is 9.88. The molecule has 0 aromatic rings. The minimum Gasteiger partial charge on any atom is -0.462 e. The molecule has 0 aromatic carbocycles. The van der Waals surface area contributed by atoms with Gasteiger partial charge in [-0.2, -0.15) is 0 Å². The maximum absolute atomic E-state index is 12.8. The van der Waals surface area contributed by atoms with Crippen LogP contribution < -0.4 is 0 Å². The minimum atomic E-state index is -4.68. The van der Waals surface area contributed by atoms with E-state index in [-0.39, 0.29) is 31.3 Å². The Kier molecular flexibility index (Phi) is 35.7. The Morgan fingerprint density at radius 2 is 1.16 bits per heavy atom. The molecule has 1 unspecified atom stereocenters. The molecular weight excluding hydrogens is 815 g/mol. The first-order chi connectivity index (χ1) is 29.8. The van der Waals surface area contributed by atoms with Crippen molar-refractivity contribution in [2.75, 3.05) is 26.4 Å². The maximum Gasteiger partial charge on any atom is 0.472 e. The number of hydrogen-bond acceptors (Lipinski definition) is 12. The number of hydrogen-bond donors (Lipinski definition) is 6. The van der Waals surface area contributed by atoms with Crippen molar-refractivity contribution in [1.82, 2.24) is 0 Å². The van der Waals surface area contributed by atoms with Gasteiger partial charge in [-0.15, -0.1) is 0 Å². The van der Waals surface area contributed by atoms with E-state index in [0.717, 1.165) is 57.3 Å². The molecule has 6 N–H and O–H groups in total. The third-order valence-corrected chi connectivity index (χ3v) is 12.9. The van der Waals surface area contributed by atoms with Crippen molar-refractivity contribution < 1.29 is 63.1 Å². The van der Waals surface area contributed by atoms with Crippen LogP contribution in [0.15, 0.2) is 12.2 Å². The molecular formula is C48H91O13P. The summed E-state index contributed by atoms with van der Waals surface area (Å²) in [4.78, 5) is 35.3. The number of ether oxygens (including phenoxy) is 2. The highest BCUT2D eigenvalue weighted by Crippen LogP contribution is 2.43. The minimum absolute atomic E-state index is 0.0609. The van der Waals surface area contributed by atoms with Gasteiger partial charge in [-0.25, -0.2) is 4.57 Å². The first-order valence-corrected chi connectivity index (χ1v) is 26.3. The monoisotopic (exact) mass is 907 g/mol. The molecule has 0 bridgehead atoms. The van der Waals surface area contributed by atoms with E-state index in [0.29, 0.717) is 38.5 Å². The Balaban J connectivity index is 2.36. The first kappa shape index (κ1) is 58.6. The van der Waals surface area contributed by atoms with Crippen LogP contribution in [0.2, 0.25) is 0 Å². The zero-order valence-electron chi connectivity index (χ0n) is 39.1. The molecule has 62 heavy (non-hydrogen) atoms. The van der Waals surface area contributed by atoms with Crippen molar-refractivity contribution >= 4 is 19.8 Å². The SMILES string of the molecule is CCCCC[C@H](O)/C=C/[C@@H]1[C@@H](CCCCCCC(=O)O[C@H](COC(=O)CCCCCCCCCCCCCCCCCCC(C)C)COP(=O)(O)OC[C@@H](O)CO)[C@@H](O)C[C@H]1O. The summed E-state index contributed by atoms with van der Waals surface area (Å²) in [5.74, 6) is -0.562. The largest absolute Gasteiger partial charge is 0.472 e. The summed E-state index contributed by atoms with van der Waals surface area (Å²) in [6.45, 7) is 4.42. The van der Waals surface area contributed by atoms with Crippen LogP contribution in [-0.2, 0) is 32.7 Å². The van der Waals surface area contributed by atoms with Gasteiger partial charge < -0.3 is 39.9 Å². The van der Waals surface area contributed by atoms with Gasteiger partial charge in [-0.3, -0.25) is 18.6 Å². The number of carbonyl (C=O) groups is 2. The average molecular weight is 907 g/mol. The van der Waals surface area contributed by atoms with E-state index in [9.17, 15) is 39.5 Å². The molecule has 1 aliphatic carbocycles. The number of carbonyl (C=O) groups excluding carboxylic acids is 2. The van der Waals surface area contributed by atoms with Crippen molar-refractivity contribution in [3.8, 4) is 0 Å². The lowest BCUT2D eigenvalue weighted by Gasteiger charge is -2.21. The van der Waals surface area contributed by atoms with Gasteiger partial charge in [0.05, 0.1) is 38.1 Å². The summed E-state index contributed by atoms with van der Waals surface area (Å²) < 4.78 is 32.9. The molecule has 0 aromatic heterocycles. The zero-order chi connectivity index (χ0) is 45.9. The Bertz CT molecular complexity index is 1170. The standard InChI is InChI=1S/C48H91O13P/c1-4-5-22-28-40(50)32-33-44-43(45(52)34-46(44)53)29-24-20-21-26-31-48(55)61-42(38-60-62(56,57)59-36-41(51)35-49)37-58-47(54)30-25-19-17-15-13-11-9-7-6-8-10-12-14-16-18-23-27-39(2)3/h32-33,39-46,49-53H,4-31,34-38H2,1-3H3,(H,56,57)/b33-32+/t40-,41-,42+,43+,44+,45-,46+/m0/s1. The Labute approximate surface area is 375 Å². The molecule has 0 radical (unpaired) electrons. The highest BCUT2D eigenvalue weighted by Gasteiger charge is 2.39. The number of aliphatic hydroxyl groups is 5. The summed E-state index contributed by atoms with van der Waals surface area (Å²) >= 11 is 0. The molecule has 0 amide bonds. The summed E-state index contributed by atoms with van der Waals surface area (Å²) in [6, 6.07) is 0. The van der Waals surface area contributed by atoms with E-state index in [1.807, 2.05) is 6.08 Å². The summed E-state index contributed by atoms with van der Waals surface area (Å²) in [5.41, 5.74) is 0. The smallest absolute Gasteiger partial charge is 0.462 e. The quantitative estimate of drug-likeness (QED) is 0.0146.